The molecule has 16 heavy (non-hydrogen) atoms. The zero-order chi connectivity index (χ0) is 12.5. The number of hydrogen-bond donors (Lipinski definition) is 0. The molecule has 1 aromatic rings. The number of pyridine rings is 1. The Morgan fingerprint density at radius 1 is 1.31 bits per heavy atom. The third kappa shape index (κ3) is 2.91. The molecule has 0 aliphatic heterocycles. The van der Waals surface area contributed by atoms with E-state index in [1.54, 1.807) is 0 Å². The molecule has 0 bridgehead atoms. The maximum atomic E-state index is 12.6. The van der Waals surface area contributed by atoms with Crippen molar-refractivity contribution in [3.05, 3.63) is 27.5 Å². The Morgan fingerprint density at radius 2 is 1.88 bits per heavy atom. The maximum Gasteiger partial charge on any atom is 0.418 e. The fraction of sp³-hybridized carbons (Fsp3) is 0.375. The summed E-state index contributed by atoms with van der Waals surface area (Å²) in [6, 6.07) is 0.680. The lowest BCUT2D eigenvalue weighted by atomic mass is 10.1. The minimum Gasteiger partial charge on any atom is -0.244 e. The van der Waals surface area contributed by atoms with Crippen LogP contribution in [-0.4, -0.2) is 4.98 Å². The molecular formula is C8H4Br2F5N. The molecule has 90 valence electrons. The second kappa shape index (κ2) is 4.95. The van der Waals surface area contributed by atoms with Gasteiger partial charge in [-0.2, -0.15) is 13.2 Å². The second-order valence-electron chi connectivity index (χ2n) is 2.79. The topological polar surface area (TPSA) is 12.9 Å². The molecule has 1 rings (SSSR count). The zero-order valence-electron chi connectivity index (χ0n) is 7.45. The lowest BCUT2D eigenvalue weighted by Gasteiger charge is -2.15. The smallest absolute Gasteiger partial charge is 0.244 e. The molecule has 1 nitrogen and oxygen atoms in total. The van der Waals surface area contributed by atoms with Gasteiger partial charge in [-0.3, -0.25) is 0 Å². The standard InChI is InChI=1S/C8H4Br2F5N/c9-2-4-6(8(13,14)15)3(7(11)12)1-5(10)16-4/h1,7H,2H2. The Hall–Kier alpha value is -0.240. The van der Waals surface area contributed by atoms with Crippen molar-refractivity contribution in [2.45, 2.75) is 17.9 Å². The van der Waals surface area contributed by atoms with Gasteiger partial charge in [0.25, 0.3) is 6.43 Å². The van der Waals surface area contributed by atoms with Crippen LogP contribution in [0.2, 0.25) is 0 Å². The van der Waals surface area contributed by atoms with Gasteiger partial charge in [0.15, 0.2) is 0 Å². The van der Waals surface area contributed by atoms with Crippen molar-refractivity contribution in [1.82, 2.24) is 4.98 Å². The maximum absolute atomic E-state index is 12.6. The number of alkyl halides is 6. The first kappa shape index (κ1) is 13.8. The monoisotopic (exact) mass is 367 g/mol. The average molecular weight is 369 g/mol. The molecule has 1 aromatic heterocycles. The summed E-state index contributed by atoms with van der Waals surface area (Å²) in [6.07, 6.45) is -8.04. The quantitative estimate of drug-likeness (QED) is 0.419. The van der Waals surface area contributed by atoms with Crippen LogP contribution in [0.4, 0.5) is 22.0 Å². The van der Waals surface area contributed by atoms with Gasteiger partial charge in [0.2, 0.25) is 0 Å². The highest BCUT2D eigenvalue weighted by atomic mass is 79.9. The number of rotatable bonds is 2. The molecule has 0 N–H and O–H groups in total. The first-order valence-corrected chi connectivity index (χ1v) is 5.79. The van der Waals surface area contributed by atoms with E-state index >= 15 is 0 Å². The largest absolute Gasteiger partial charge is 0.418 e. The van der Waals surface area contributed by atoms with Crippen LogP contribution >= 0.6 is 31.9 Å². The second-order valence-corrected chi connectivity index (χ2v) is 4.16. The van der Waals surface area contributed by atoms with E-state index in [-0.39, 0.29) is 9.93 Å². The number of hydrogen-bond acceptors (Lipinski definition) is 1. The van der Waals surface area contributed by atoms with E-state index in [0.29, 0.717) is 6.07 Å². The van der Waals surface area contributed by atoms with Crippen molar-refractivity contribution < 1.29 is 22.0 Å². The fourth-order valence-corrected chi connectivity index (χ4v) is 2.05. The molecular weight excluding hydrogens is 365 g/mol. The predicted octanol–water partition coefficient (Wildman–Crippen LogP) is 4.70. The van der Waals surface area contributed by atoms with Crippen LogP contribution in [0.25, 0.3) is 0 Å². The van der Waals surface area contributed by atoms with Crippen LogP contribution in [0.1, 0.15) is 23.2 Å². The zero-order valence-corrected chi connectivity index (χ0v) is 10.6. The van der Waals surface area contributed by atoms with Crippen LogP contribution in [0.15, 0.2) is 10.7 Å². The fourth-order valence-electron chi connectivity index (χ4n) is 1.18. The third-order valence-corrected chi connectivity index (χ3v) is 2.68. The lowest BCUT2D eigenvalue weighted by molar-refractivity contribution is -0.140. The SMILES string of the molecule is FC(F)c1cc(Br)nc(CBr)c1C(F)(F)F. The highest BCUT2D eigenvalue weighted by Crippen LogP contribution is 2.39. The summed E-state index contributed by atoms with van der Waals surface area (Å²) in [4.78, 5) is 3.52. The van der Waals surface area contributed by atoms with Gasteiger partial charge < -0.3 is 0 Å². The lowest BCUT2D eigenvalue weighted by Crippen LogP contribution is -2.14. The molecule has 0 unspecified atom stereocenters. The van der Waals surface area contributed by atoms with E-state index in [9.17, 15) is 22.0 Å². The van der Waals surface area contributed by atoms with Crippen molar-refractivity contribution in [1.29, 1.82) is 0 Å². The molecule has 0 spiro atoms. The summed E-state index contributed by atoms with van der Waals surface area (Å²) >= 11 is 5.58. The van der Waals surface area contributed by atoms with Gasteiger partial charge in [0, 0.05) is 10.9 Å². The Balaban J connectivity index is 3.52. The normalized spacial score (nSPS) is 12.2. The van der Waals surface area contributed by atoms with Crippen LogP contribution in [0, 0.1) is 0 Å². The molecule has 0 amide bonds. The summed E-state index contributed by atoms with van der Waals surface area (Å²) in [5, 5.41) is -0.249. The Morgan fingerprint density at radius 3 is 2.25 bits per heavy atom. The van der Waals surface area contributed by atoms with Crippen molar-refractivity contribution in [3.63, 3.8) is 0 Å². The Labute approximate surface area is 104 Å². The van der Waals surface area contributed by atoms with Crippen LogP contribution < -0.4 is 0 Å². The first-order chi connectivity index (χ1) is 7.27. The highest BCUT2D eigenvalue weighted by Gasteiger charge is 2.39. The summed E-state index contributed by atoms with van der Waals surface area (Å²) in [5.41, 5.74) is -2.90. The molecule has 0 saturated carbocycles. The molecule has 0 radical (unpaired) electrons. The van der Waals surface area contributed by atoms with Gasteiger partial charge >= 0.3 is 6.18 Å². The molecule has 0 saturated heterocycles. The number of nitrogens with zero attached hydrogens (tertiary/aromatic N) is 1. The Bertz CT molecular complexity index is 391. The van der Waals surface area contributed by atoms with Crippen molar-refractivity contribution >= 4 is 31.9 Å². The van der Waals surface area contributed by atoms with E-state index in [1.807, 2.05) is 0 Å². The van der Waals surface area contributed by atoms with Gasteiger partial charge in [0.1, 0.15) is 4.60 Å². The van der Waals surface area contributed by atoms with E-state index in [4.69, 9.17) is 0 Å². The summed E-state index contributed by atoms with van der Waals surface area (Å²) in [7, 11) is 0. The van der Waals surface area contributed by atoms with Crippen molar-refractivity contribution in [3.8, 4) is 0 Å². The van der Waals surface area contributed by atoms with Gasteiger partial charge in [-0.1, -0.05) is 15.9 Å². The minimum absolute atomic E-state index is 0.0507. The molecule has 8 heteroatoms. The van der Waals surface area contributed by atoms with Crippen molar-refractivity contribution in [2.75, 3.05) is 0 Å². The molecule has 0 aliphatic rings. The van der Waals surface area contributed by atoms with E-state index < -0.39 is 29.4 Å². The average Bonchev–Trinajstić information content (AvgIpc) is 2.14. The third-order valence-electron chi connectivity index (χ3n) is 1.74. The predicted molar refractivity (Wildman–Crippen MR) is 54.5 cm³/mol. The summed E-state index contributed by atoms with van der Waals surface area (Å²) in [5.74, 6) is 0. The van der Waals surface area contributed by atoms with Gasteiger partial charge in [-0.25, -0.2) is 13.8 Å². The molecule has 1 heterocycles. The van der Waals surface area contributed by atoms with Crippen molar-refractivity contribution in [2.24, 2.45) is 0 Å². The first-order valence-electron chi connectivity index (χ1n) is 3.88. The van der Waals surface area contributed by atoms with Crippen LogP contribution in [-0.2, 0) is 11.5 Å². The van der Waals surface area contributed by atoms with Crippen LogP contribution in [0.3, 0.4) is 0 Å². The number of halogens is 7. The molecule has 0 aromatic carbocycles. The van der Waals surface area contributed by atoms with Gasteiger partial charge in [0.05, 0.1) is 11.3 Å². The Kier molecular flexibility index (Phi) is 4.28. The highest BCUT2D eigenvalue weighted by molar-refractivity contribution is 9.10. The minimum atomic E-state index is -4.84. The summed E-state index contributed by atoms with van der Waals surface area (Å²) < 4.78 is 62.7. The molecule has 0 fully saturated rings. The van der Waals surface area contributed by atoms with Crippen LogP contribution in [0.5, 0.6) is 0 Å². The number of aromatic nitrogens is 1. The van der Waals surface area contributed by atoms with E-state index in [2.05, 4.69) is 36.8 Å². The van der Waals surface area contributed by atoms with Gasteiger partial charge in [-0.05, 0) is 22.0 Å². The molecule has 0 atom stereocenters. The summed E-state index contributed by atoms with van der Waals surface area (Å²) in [6.45, 7) is 0. The van der Waals surface area contributed by atoms with E-state index in [0.717, 1.165) is 0 Å². The van der Waals surface area contributed by atoms with Gasteiger partial charge in [-0.15, -0.1) is 0 Å². The molecule has 0 aliphatic carbocycles. The van der Waals surface area contributed by atoms with E-state index in [1.165, 1.54) is 0 Å².